The molecule has 0 bridgehead atoms. The molecule has 6 nitrogen and oxygen atoms in total. The number of para-hydroxylation sites is 1. The molecular formula is C12H15N5O. The first-order chi connectivity index (χ1) is 8.72. The fraction of sp³-hybridized carbons (Fsp3) is 0.333. The number of benzene rings is 1. The van der Waals surface area contributed by atoms with E-state index in [1.807, 2.05) is 32.0 Å². The summed E-state index contributed by atoms with van der Waals surface area (Å²) in [4.78, 5) is 12.1. The smallest absolute Gasteiger partial charge is 0.253 e. The Bertz CT molecular complexity index is 523. The Hall–Kier alpha value is -2.24. The summed E-state index contributed by atoms with van der Waals surface area (Å²) < 4.78 is 1.48. The fourth-order valence-electron chi connectivity index (χ4n) is 1.54. The molecule has 0 aliphatic rings. The Labute approximate surface area is 105 Å². The molecule has 0 aliphatic carbocycles. The number of hydrogen-bond donors (Lipinski definition) is 1. The summed E-state index contributed by atoms with van der Waals surface area (Å²) >= 11 is 0. The van der Waals surface area contributed by atoms with Crippen LogP contribution in [0, 0.1) is 0 Å². The summed E-state index contributed by atoms with van der Waals surface area (Å²) in [5.41, 5.74) is 1.23. The number of nitrogens with one attached hydrogen (secondary N) is 1. The zero-order valence-corrected chi connectivity index (χ0v) is 10.4. The van der Waals surface area contributed by atoms with Crippen molar-refractivity contribution in [3.05, 3.63) is 36.2 Å². The number of amides is 1. The van der Waals surface area contributed by atoms with Gasteiger partial charge in [0.15, 0.2) is 0 Å². The lowest BCUT2D eigenvalue weighted by Gasteiger charge is -2.13. The third kappa shape index (κ3) is 2.53. The van der Waals surface area contributed by atoms with E-state index in [0.717, 1.165) is 6.42 Å². The molecule has 1 aromatic heterocycles. The van der Waals surface area contributed by atoms with E-state index in [-0.39, 0.29) is 11.9 Å². The molecule has 1 atom stereocenters. The van der Waals surface area contributed by atoms with E-state index < -0.39 is 0 Å². The SMILES string of the molecule is CC[C@@H](C)NC(=O)c1ccccc1-n1cnnn1. The second kappa shape index (κ2) is 5.39. The molecular weight excluding hydrogens is 230 g/mol. The van der Waals surface area contributed by atoms with Crippen LogP contribution in [0.5, 0.6) is 0 Å². The summed E-state index contributed by atoms with van der Waals surface area (Å²) in [5.74, 6) is -0.115. The molecule has 2 aromatic rings. The summed E-state index contributed by atoms with van der Waals surface area (Å²) in [6.45, 7) is 4.00. The predicted octanol–water partition coefficient (Wildman–Crippen LogP) is 1.19. The van der Waals surface area contributed by atoms with Crippen molar-refractivity contribution in [1.82, 2.24) is 25.5 Å². The quantitative estimate of drug-likeness (QED) is 0.878. The maximum atomic E-state index is 12.1. The summed E-state index contributed by atoms with van der Waals surface area (Å²) in [5, 5.41) is 13.9. The van der Waals surface area contributed by atoms with Crippen LogP contribution in [0.2, 0.25) is 0 Å². The van der Waals surface area contributed by atoms with Gasteiger partial charge >= 0.3 is 0 Å². The van der Waals surface area contributed by atoms with Crippen LogP contribution in [0.25, 0.3) is 5.69 Å². The second-order valence-corrected chi connectivity index (χ2v) is 4.05. The van der Waals surface area contributed by atoms with Crippen molar-refractivity contribution < 1.29 is 4.79 Å². The third-order valence-corrected chi connectivity index (χ3v) is 2.73. The molecule has 0 spiro atoms. The average molecular weight is 245 g/mol. The largest absolute Gasteiger partial charge is 0.350 e. The van der Waals surface area contributed by atoms with Crippen molar-refractivity contribution in [3.63, 3.8) is 0 Å². The average Bonchev–Trinajstić information content (AvgIpc) is 2.92. The third-order valence-electron chi connectivity index (χ3n) is 2.73. The van der Waals surface area contributed by atoms with Crippen LogP contribution in [0.1, 0.15) is 30.6 Å². The number of tetrazole rings is 1. The van der Waals surface area contributed by atoms with Crippen molar-refractivity contribution >= 4 is 5.91 Å². The van der Waals surface area contributed by atoms with Crippen molar-refractivity contribution in [2.75, 3.05) is 0 Å². The van der Waals surface area contributed by atoms with Crippen LogP contribution in [-0.2, 0) is 0 Å². The monoisotopic (exact) mass is 245 g/mol. The molecule has 6 heteroatoms. The molecule has 1 aromatic carbocycles. The van der Waals surface area contributed by atoms with Crippen molar-refractivity contribution in [3.8, 4) is 5.69 Å². The zero-order valence-electron chi connectivity index (χ0n) is 10.4. The Morgan fingerprint density at radius 1 is 1.44 bits per heavy atom. The molecule has 0 saturated carbocycles. The van der Waals surface area contributed by atoms with E-state index in [1.54, 1.807) is 6.07 Å². The molecule has 18 heavy (non-hydrogen) atoms. The van der Waals surface area contributed by atoms with Crippen molar-refractivity contribution in [2.45, 2.75) is 26.3 Å². The van der Waals surface area contributed by atoms with Crippen LogP contribution in [0.3, 0.4) is 0 Å². The van der Waals surface area contributed by atoms with E-state index in [2.05, 4.69) is 20.8 Å². The van der Waals surface area contributed by atoms with Crippen LogP contribution < -0.4 is 5.32 Å². The van der Waals surface area contributed by atoms with E-state index in [0.29, 0.717) is 11.3 Å². The molecule has 0 saturated heterocycles. The zero-order chi connectivity index (χ0) is 13.0. The lowest BCUT2D eigenvalue weighted by atomic mass is 10.1. The van der Waals surface area contributed by atoms with E-state index in [9.17, 15) is 4.79 Å². The highest BCUT2D eigenvalue weighted by Crippen LogP contribution is 2.12. The maximum Gasteiger partial charge on any atom is 0.253 e. The summed E-state index contributed by atoms with van der Waals surface area (Å²) in [7, 11) is 0. The molecule has 94 valence electrons. The van der Waals surface area contributed by atoms with E-state index in [1.165, 1.54) is 11.0 Å². The Morgan fingerprint density at radius 2 is 2.22 bits per heavy atom. The Kier molecular flexibility index (Phi) is 3.66. The van der Waals surface area contributed by atoms with Gasteiger partial charge in [0.05, 0.1) is 11.3 Å². The van der Waals surface area contributed by atoms with Gasteiger partial charge in [0.1, 0.15) is 6.33 Å². The lowest BCUT2D eigenvalue weighted by Crippen LogP contribution is -2.32. The minimum Gasteiger partial charge on any atom is -0.350 e. The molecule has 0 fully saturated rings. The number of carbonyl (C=O) groups is 1. The Balaban J connectivity index is 2.31. The maximum absolute atomic E-state index is 12.1. The van der Waals surface area contributed by atoms with Crippen molar-refractivity contribution in [1.29, 1.82) is 0 Å². The van der Waals surface area contributed by atoms with Gasteiger partial charge in [-0.25, -0.2) is 0 Å². The highest BCUT2D eigenvalue weighted by Gasteiger charge is 2.14. The van der Waals surface area contributed by atoms with Gasteiger partial charge in [0.25, 0.3) is 5.91 Å². The molecule has 0 unspecified atom stereocenters. The van der Waals surface area contributed by atoms with E-state index >= 15 is 0 Å². The fourth-order valence-corrected chi connectivity index (χ4v) is 1.54. The molecule has 1 N–H and O–H groups in total. The molecule has 1 amide bonds. The van der Waals surface area contributed by atoms with Crippen LogP contribution in [0.15, 0.2) is 30.6 Å². The van der Waals surface area contributed by atoms with Crippen LogP contribution in [0.4, 0.5) is 0 Å². The topological polar surface area (TPSA) is 72.7 Å². The molecule has 1 heterocycles. The lowest BCUT2D eigenvalue weighted by molar-refractivity contribution is 0.0939. The van der Waals surface area contributed by atoms with Gasteiger partial charge in [-0.1, -0.05) is 19.1 Å². The van der Waals surface area contributed by atoms with Crippen LogP contribution in [-0.4, -0.2) is 32.2 Å². The predicted molar refractivity (Wildman–Crippen MR) is 66.4 cm³/mol. The minimum absolute atomic E-state index is 0.115. The molecule has 0 radical (unpaired) electrons. The Morgan fingerprint density at radius 3 is 2.89 bits per heavy atom. The number of hydrogen-bond acceptors (Lipinski definition) is 4. The van der Waals surface area contributed by atoms with Gasteiger partial charge < -0.3 is 5.32 Å². The van der Waals surface area contributed by atoms with Crippen molar-refractivity contribution in [2.24, 2.45) is 0 Å². The first-order valence-electron chi connectivity index (χ1n) is 5.85. The van der Waals surface area contributed by atoms with E-state index in [4.69, 9.17) is 0 Å². The summed E-state index contributed by atoms with van der Waals surface area (Å²) in [6, 6.07) is 7.37. The van der Waals surface area contributed by atoms with Gasteiger partial charge in [-0.3, -0.25) is 4.79 Å². The first kappa shape index (κ1) is 12.2. The normalized spacial score (nSPS) is 12.1. The molecule has 0 aliphatic heterocycles. The number of rotatable bonds is 4. The minimum atomic E-state index is -0.115. The number of aromatic nitrogens is 4. The van der Waals surface area contributed by atoms with Gasteiger partial charge in [0, 0.05) is 6.04 Å². The highest BCUT2D eigenvalue weighted by atomic mass is 16.1. The number of carbonyl (C=O) groups excluding carboxylic acids is 1. The standard InChI is InChI=1S/C12H15N5O/c1-3-9(2)14-12(18)10-6-4-5-7-11(10)17-8-13-15-16-17/h4-9H,3H2,1-2H3,(H,14,18)/t9-/m1/s1. The van der Waals surface area contributed by atoms with Crippen LogP contribution >= 0.6 is 0 Å². The van der Waals surface area contributed by atoms with Gasteiger partial charge in [0.2, 0.25) is 0 Å². The summed E-state index contributed by atoms with van der Waals surface area (Å²) in [6.07, 6.45) is 2.36. The second-order valence-electron chi connectivity index (χ2n) is 4.05. The highest BCUT2D eigenvalue weighted by molar-refractivity contribution is 5.97. The van der Waals surface area contributed by atoms with Gasteiger partial charge in [-0.15, -0.1) is 5.10 Å². The first-order valence-corrected chi connectivity index (χ1v) is 5.85. The number of nitrogens with zero attached hydrogens (tertiary/aromatic N) is 4. The molecule has 2 rings (SSSR count). The van der Waals surface area contributed by atoms with Gasteiger partial charge in [-0.05, 0) is 35.9 Å². The van der Waals surface area contributed by atoms with Gasteiger partial charge in [-0.2, -0.15) is 4.68 Å².